The van der Waals surface area contributed by atoms with E-state index in [1.807, 2.05) is 29.0 Å². The fourth-order valence-electron chi connectivity index (χ4n) is 3.99. The van der Waals surface area contributed by atoms with Gasteiger partial charge in [0.25, 0.3) is 0 Å². The van der Waals surface area contributed by atoms with Crippen LogP contribution in [0.1, 0.15) is 25.1 Å². The minimum absolute atomic E-state index is 0.0296. The topological polar surface area (TPSA) is 45.5 Å². The van der Waals surface area contributed by atoms with Crippen molar-refractivity contribution in [3.8, 4) is 22.9 Å². The average Bonchev–Trinajstić information content (AvgIpc) is 3.32. The van der Waals surface area contributed by atoms with Crippen molar-refractivity contribution in [3.63, 3.8) is 0 Å². The van der Waals surface area contributed by atoms with Crippen molar-refractivity contribution in [2.45, 2.75) is 24.4 Å². The number of para-hydroxylation sites is 1. The molecule has 37 heavy (non-hydrogen) atoms. The second-order valence-corrected chi connectivity index (χ2v) is 10.1. The Balaban J connectivity index is 1.65. The second kappa shape index (κ2) is 11.4. The highest BCUT2D eigenvalue weighted by Crippen LogP contribution is 2.39. The smallest absolute Gasteiger partial charge is 0.173 e. The number of ether oxygens (including phenoxy) is 3. The maximum absolute atomic E-state index is 14.0. The van der Waals surface area contributed by atoms with Crippen molar-refractivity contribution in [2.75, 3.05) is 26.6 Å². The zero-order valence-electron chi connectivity index (χ0n) is 20.9. The van der Waals surface area contributed by atoms with E-state index in [0.29, 0.717) is 22.4 Å². The number of nitrogens with zero attached hydrogens (tertiary/aromatic N) is 2. The molecule has 0 N–H and O–H groups in total. The molecule has 0 spiro atoms. The first-order valence-corrected chi connectivity index (χ1v) is 12.9. The summed E-state index contributed by atoms with van der Waals surface area (Å²) in [5.74, 6) is 0.943. The minimum atomic E-state index is -0.510. The molecule has 4 rings (SSSR count). The van der Waals surface area contributed by atoms with Gasteiger partial charge in [0.15, 0.2) is 28.2 Å². The summed E-state index contributed by atoms with van der Waals surface area (Å²) in [6, 6.07) is 16.5. The molecule has 0 unspecified atom stereocenters. The van der Waals surface area contributed by atoms with E-state index in [4.69, 9.17) is 25.8 Å². The van der Waals surface area contributed by atoms with Crippen molar-refractivity contribution in [3.05, 3.63) is 94.8 Å². The van der Waals surface area contributed by atoms with Crippen LogP contribution >= 0.6 is 23.4 Å². The molecule has 0 aliphatic carbocycles. The maximum Gasteiger partial charge on any atom is 0.173 e. The molecule has 0 atom stereocenters. The number of rotatable bonds is 10. The Morgan fingerprint density at radius 1 is 0.973 bits per heavy atom. The maximum atomic E-state index is 14.0. The zero-order valence-corrected chi connectivity index (χ0v) is 22.5. The Morgan fingerprint density at radius 2 is 1.70 bits per heavy atom. The Hall–Kier alpha value is -3.23. The quantitative estimate of drug-likeness (QED) is 0.155. The van der Waals surface area contributed by atoms with Gasteiger partial charge in [-0.1, -0.05) is 49.3 Å². The molecular weight excluding hydrogens is 518 g/mol. The summed E-state index contributed by atoms with van der Waals surface area (Å²) < 4.78 is 46.3. The molecule has 9 heteroatoms. The third kappa shape index (κ3) is 5.70. The summed E-state index contributed by atoms with van der Waals surface area (Å²) in [7, 11) is 3.20. The lowest BCUT2D eigenvalue weighted by Gasteiger charge is -2.28. The monoisotopic (exact) mass is 544 g/mol. The SMILES string of the molecule is COc1ccc(C(C)(C)c2cnc(SCCOc3c(F)cccc3Cl)n2-c2ccc(F)cc2)cc1OC. The van der Waals surface area contributed by atoms with E-state index in [0.717, 1.165) is 16.9 Å². The largest absolute Gasteiger partial charge is 0.493 e. The number of benzene rings is 3. The third-order valence-corrected chi connectivity index (χ3v) is 7.25. The number of thioether (sulfide) groups is 1. The van der Waals surface area contributed by atoms with E-state index < -0.39 is 11.2 Å². The Kier molecular flexibility index (Phi) is 8.29. The molecule has 1 aromatic heterocycles. The zero-order chi connectivity index (χ0) is 26.6. The molecule has 0 radical (unpaired) electrons. The van der Waals surface area contributed by atoms with Crippen molar-refractivity contribution in [2.24, 2.45) is 0 Å². The van der Waals surface area contributed by atoms with Crippen molar-refractivity contribution in [1.29, 1.82) is 0 Å². The molecule has 0 amide bonds. The summed E-state index contributed by atoms with van der Waals surface area (Å²) in [6.07, 6.45) is 1.82. The normalized spacial score (nSPS) is 11.4. The standard InChI is InChI=1S/C28H27ClF2N2O3S/c1-28(2,18-8-13-23(34-3)24(16-18)35-4)25-17-32-27(33(25)20-11-9-19(30)10-12-20)37-15-14-36-26-21(29)6-5-7-22(26)31/h5-13,16-17H,14-15H2,1-4H3. The molecule has 0 aliphatic heterocycles. The molecular formula is C28H27ClF2N2O3S. The van der Waals surface area contributed by atoms with E-state index in [1.54, 1.807) is 32.4 Å². The van der Waals surface area contributed by atoms with Gasteiger partial charge in [0.05, 0.1) is 37.7 Å². The van der Waals surface area contributed by atoms with Crippen molar-refractivity contribution < 1.29 is 23.0 Å². The van der Waals surface area contributed by atoms with Crippen LogP contribution in [0.25, 0.3) is 5.69 Å². The molecule has 1 heterocycles. The lowest BCUT2D eigenvalue weighted by Crippen LogP contribution is -2.23. The number of hydrogen-bond acceptors (Lipinski definition) is 5. The lowest BCUT2D eigenvalue weighted by atomic mass is 9.81. The highest BCUT2D eigenvalue weighted by molar-refractivity contribution is 7.99. The number of methoxy groups -OCH3 is 2. The van der Waals surface area contributed by atoms with Crippen LogP contribution in [0.4, 0.5) is 8.78 Å². The Labute approximate surface area is 224 Å². The van der Waals surface area contributed by atoms with E-state index >= 15 is 0 Å². The molecule has 4 aromatic rings. The highest BCUT2D eigenvalue weighted by Gasteiger charge is 2.30. The highest BCUT2D eigenvalue weighted by atomic mass is 35.5. The van der Waals surface area contributed by atoms with Crippen LogP contribution in [0.3, 0.4) is 0 Å². The molecule has 194 valence electrons. The van der Waals surface area contributed by atoms with Crippen LogP contribution < -0.4 is 14.2 Å². The fourth-order valence-corrected chi connectivity index (χ4v) is 5.01. The first-order valence-electron chi connectivity index (χ1n) is 11.5. The van der Waals surface area contributed by atoms with Crippen LogP contribution in [-0.2, 0) is 5.41 Å². The summed E-state index contributed by atoms with van der Waals surface area (Å²) in [5, 5.41) is 0.912. The van der Waals surface area contributed by atoms with Crippen molar-refractivity contribution in [1.82, 2.24) is 9.55 Å². The van der Waals surface area contributed by atoms with E-state index in [2.05, 4.69) is 18.8 Å². The summed E-state index contributed by atoms with van der Waals surface area (Å²) in [6.45, 7) is 4.39. The summed E-state index contributed by atoms with van der Waals surface area (Å²) in [5.41, 5.74) is 2.15. The molecule has 0 fully saturated rings. The molecule has 3 aromatic carbocycles. The fraction of sp³-hybridized carbons (Fsp3) is 0.250. The van der Waals surface area contributed by atoms with Gasteiger partial charge in [-0.2, -0.15) is 0 Å². The number of halogens is 3. The van der Waals surface area contributed by atoms with E-state index in [1.165, 1.54) is 36.0 Å². The Bertz CT molecular complexity index is 1360. The molecule has 0 saturated heterocycles. The van der Waals surface area contributed by atoms with Crippen LogP contribution in [0.5, 0.6) is 17.2 Å². The van der Waals surface area contributed by atoms with Gasteiger partial charge in [0.2, 0.25) is 0 Å². The summed E-state index contributed by atoms with van der Waals surface area (Å²) in [4.78, 5) is 4.68. The third-order valence-electron chi connectivity index (χ3n) is 6.04. The van der Waals surface area contributed by atoms with Gasteiger partial charge in [-0.15, -0.1) is 0 Å². The van der Waals surface area contributed by atoms with Gasteiger partial charge in [-0.3, -0.25) is 4.57 Å². The van der Waals surface area contributed by atoms with Gasteiger partial charge < -0.3 is 14.2 Å². The Morgan fingerprint density at radius 3 is 2.38 bits per heavy atom. The second-order valence-electron chi connectivity index (χ2n) is 8.68. The average molecular weight is 545 g/mol. The number of hydrogen-bond donors (Lipinski definition) is 0. The van der Waals surface area contributed by atoms with Crippen LogP contribution in [0.2, 0.25) is 5.02 Å². The molecule has 5 nitrogen and oxygen atoms in total. The number of imidazole rings is 1. The minimum Gasteiger partial charge on any atom is -0.493 e. The van der Waals surface area contributed by atoms with Crippen LogP contribution in [0, 0.1) is 11.6 Å². The van der Waals surface area contributed by atoms with Gasteiger partial charge >= 0.3 is 0 Å². The van der Waals surface area contributed by atoms with Crippen LogP contribution in [0.15, 0.2) is 72.0 Å². The molecule has 0 saturated carbocycles. The van der Waals surface area contributed by atoms with Gasteiger partial charge in [-0.25, -0.2) is 13.8 Å². The summed E-state index contributed by atoms with van der Waals surface area (Å²) >= 11 is 7.51. The predicted molar refractivity (Wildman–Crippen MR) is 143 cm³/mol. The van der Waals surface area contributed by atoms with Gasteiger partial charge in [-0.05, 0) is 54.1 Å². The predicted octanol–water partition coefficient (Wildman–Crippen LogP) is 7.32. The first kappa shape index (κ1) is 26.8. The van der Waals surface area contributed by atoms with Gasteiger partial charge in [0.1, 0.15) is 5.82 Å². The first-order chi connectivity index (χ1) is 17.8. The van der Waals surface area contributed by atoms with Gasteiger partial charge in [0, 0.05) is 16.9 Å². The number of aromatic nitrogens is 2. The molecule has 0 bridgehead atoms. The van der Waals surface area contributed by atoms with E-state index in [-0.39, 0.29) is 23.2 Å². The van der Waals surface area contributed by atoms with Crippen LogP contribution in [-0.4, -0.2) is 36.1 Å². The molecule has 0 aliphatic rings. The van der Waals surface area contributed by atoms with Crippen molar-refractivity contribution >= 4 is 23.4 Å². The van der Waals surface area contributed by atoms with E-state index in [9.17, 15) is 8.78 Å². The lowest BCUT2D eigenvalue weighted by molar-refractivity contribution is 0.325.